The van der Waals surface area contributed by atoms with Gasteiger partial charge in [0, 0.05) is 12.1 Å². The Bertz CT molecular complexity index is 1130. The van der Waals surface area contributed by atoms with Gasteiger partial charge in [-0.15, -0.1) is 10.6 Å². The lowest BCUT2D eigenvalue weighted by Gasteiger charge is -2.31. The van der Waals surface area contributed by atoms with Crippen molar-refractivity contribution in [1.82, 2.24) is 5.32 Å². The lowest BCUT2D eigenvalue weighted by molar-refractivity contribution is -0.109. The van der Waals surface area contributed by atoms with Crippen LogP contribution in [0.2, 0.25) is 5.02 Å². The first-order valence-corrected chi connectivity index (χ1v) is 12.6. The first-order valence-electron chi connectivity index (χ1n) is 10.6. The van der Waals surface area contributed by atoms with Crippen LogP contribution >= 0.6 is 22.2 Å². The molecule has 34 heavy (non-hydrogen) atoms. The number of rotatable bonds is 9. The van der Waals surface area contributed by atoms with Crippen LogP contribution in [0, 0.1) is 6.92 Å². The monoisotopic (exact) mass is 509 g/mol. The molecule has 184 valence electrons. The second-order valence-corrected chi connectivity index (χ2v) is 10.2. The number of Topliss-reactive ketones (excluding diaryl/α,β-unsaturated/α-hetero) is 1. The summed E-state index contributed by atoms with van der Waals surface area (Å²) in [5, 5.41) is 32.0. The van der Waals surface area contributed by atoms with Crippen LogP contribution in [-0.4, -0.2) is 56.1 Å². The number of phenolic OH excluding ortho intramolecular Hbond substituents is 1. The van der Waals surface area contributed by atoms with Gasteiger partial charge in [-0.25, -0.2) is 0 Å². The van der Waals surface area contributed by atoms with E-state index in [0.717, 1.165) is 0 Å². The van der Waals surface area contributed by atoms with Gasteiger partial charge in [0.15, 0.2) is 0 Å². The molecular formula is C24H28ClNO7S. The molecule has 0 saturated carbocycles. The second-order valence-electron chi connectivity index (χ2n) is 7.82. The summed E-state index contributed by atoms with van der Waals surface area (Å²) in [7, 11) is -3.69. The molecule has 1 atom stereocenters. The number of nitrogens with one attached hydrogen (secondary N) is 1. The van der Waals surface area contributed by atoms with Gasteiger partial charge >= 0.3 is 0 Å². The zero-order chi connectivity index (χ0) is 25.0. The Morgan fingerprint density at radius 3 is 2.59 bits per heavy atom. The lowest BCUT2D eigenvalue weighted by atomic mass is 9.96. The van der Waals surface area contributed by atoms with E-state index in [9.17, 15) is 24.1 Å². The van der Waals surface area contributed by atoms with Crippen molar-refractivity contribution >= 4 is 39.6 Å². The molecule has 0 aliphatic carbocycles. The number of aromatic hydroxyl groups is 1. The number of hydrogen-bond donors (Lipinski definition) is 6. The molecule has 0 saturated heterocycles. The third-order valence-electron chi connectivity index (χ3n) is 5.20. The molecule has 2 aromatic rings. The van der Waals surface area contributed by atoms with Crippen molar-refractivity contribution < 1.29 is 34.0 Å². The second kappa shape index (κ2) is 10.8. The van der Waals surface area contributed by atoms with Gasteiger partial charge in [0.25, 0.3) is 0 Å². The van der Waals surface area contributed by atoms with Gasteiger partial charge < -0.3 is 25.4 Å². The Kier molecular flexibility index (Phi) is 8.29. The maximum absolute atomic E-state index is 13.5. The molecule has 10 heteroatoms. The average molecular weight is 510 g/mol. The number of hydrogen-bond acceptors (Lipinski definition) is 8. The molecule has 2 aromatic carbocycles. The highest BCUT2D eigenvalue weighted by molar-refractivity contribution is 8.32. The standard InChI is InChI=1S/C24H28ClNO7S/c1-3-9-26-24-22(21-14(2)5-4-6-18(21)29)23(30)20(34(24,31)32)11-15-7-8-19(17(25)10-15)33-13-16(28)12-27/h4-8,10-11,16,26-29,31-32H,3,9,12-13H2,1-2H3/b20-11-/t16-/m1/s1. The SMILES string of the molecule is CCCNC1=C(c2c(C)cccc2O)C(=O)/C(=C/c2ccc(OC[C@H](O)CO)c(Cl)c2)S1(O)O. The number of phenols is 1. The van der Waals surface area contributed by atoms with Crippen molar-refractivity contribution in [3.05, 3.63) is 68.0 Å². The number of ketones is 1. The fraction of sp³-hybridized carbons (Fsp3) is 0.292. The Hall–Kier alpha value is -2.53. The normalized spacial score (nSPS) is 18.3. The maximum Gasteiger partial charge on any atom is 0.213 e. The van der Waals surface area contributed by atoms with Crippen molar-refractivity contribution in [3.8, 4) is 11.5 Å². The molecule has 8 nitrogen and oxygen atoms in total. The molecule has 1 aliphatic rings. The highest BCUT2D eigenvalue weighted by Crippen LogP contribution is 2.63. The van der Waals surface area contributed by atoms with Gasteiger partial charge in [0.2, 0.25) is 5.78 Å². The van der Waals surface area contributed by atoms with Gasteiger partial charge in [-0.3, -0.25) is 13.9 Å². The molecule has 6 N–H and O–H groups in total. The van der Waals surface area contributed by atoms with Crippen LogP contribution in [0.4, 0.5) is 0 Å². The highest BCUT2D eigenvalue weighted by atomic mass is 35.5. The lowest BCUT2D eigenvalue weighted by Crippen LogP contribution is -2.21. The van der Waals surface area contributed by atoms with Gasteiger partial charge in [-0.05, 0) is 48.7 Å². The Morgan fingerprint density at radius 1 is 1.24 bits per heavy atom. The highest BCUT2D eigenvalue weighted by Gasteiger charge is 2.43. The Morgan fingerprint density at radius 2 is 1.97 bits per heavy atom. The number of carbonyl (C=O) groups excluding carboxylic acids is 1. The zero-order valence-corrected chi connectivity index (χ0v) is 20.4. The van der Waals surface area contributed by atoms with E-state index in [4.69, 9.17) is 21.4 Å². The number of aryl methyl sites for hydroxylation is 1. The summed E-state index contributed by atoms with van der Waals surface area (Å²) < 4.78 is 27.6. The molecule has 3 rings (SSSR count). The van der Waals surface area contributed by atoms with Gasteiger partial charge in [-0.1, -0.05) is 36.7 Å². The van der Waals surface area contributed by atoms with E-state index in [-0.39, 0.29) is 44.2 Å². The quantitative estimate of drug-likeness (QED) is 0.277. The summed E-state index contributed by atoms with van der Waals surface area (Å²) in [4.78, 5) is 13.3. The third kappa shape index (κ3) is 5.25. The van der Waals surface area contributed by atoms with Crippen LogP contribution in [0.3, 0.4) is 0 Å². The predicted molar refractivity (Wildman–Crippen MR) is 134 cm³/mol. The van der Waals surface area contributed by atoms with Crippen LogP contribution in [0.5, 0.6) is 11.5 Å². The average Bonchev–Trinajstić information content (AvgIpc) is 2.97. The predicted octanol–water partition coefficient (Wildman–Crippen LogP) is 4.13. The number of benzene rings is 2. The minimum Gasteiger partial charge on any atom is -0.507 e. The molecule has 1 heterocycles. The molecule has 0 amide bonds. The third-order valence-corrected chi connectivity index (χ3v) is 7.33. The number of ether oxygens (including phenoxy) is 1. The fourth-order valence-corrected chi connectivity index (χ4v) is 5.41. The number of aliphatic hydroxyl groups is 2. The molecular weight excluding hydrogens is 482 g/mol. The minimum absolute atomic E-state index is 0.0146. The molecule has 0 aromatic heterocycles. The van der Waals surface area contributed by atoms with E-state index in [1.165, 1.54) is 24.3 Å². The number of halogens is 1. The number of allylic oxidation sites excluding steroid dienone is 2. The summed E-state index contributed by atoms with van der Waals surface area (Å²) in [6.45, 7) is 3.42. The van der Waals surface area contributed by atoms with Crippen LogP contribution in [-0.2, 0) is 4.79 Å². The van der Waals surface area contributed by atoms with Crippen molar-refractivity contribution in [2.24, 2.45) is 0 Å². The van der Waals surface area contributed by atoms with Crippen molar-refractivity contribution in [3.63, 3.8) is 0 Å². The van der Waals surface area contributed by atoms with Crippen LogP contribution in [0.15, 0.2) is 46.3 Å². The van der Waals surface area contributed by atoms with E-state index in [0.29, 0.717) is 24.1 Å². The summed E-state index contributed by atoms with van der Waals surface area (Å²) in [5.41, 5.74) is 1.32. The minimum atomic E-state index is -3.69. The molecule has 0 unspecified atom stereocenters. The van der Waals surface area contributed by atoms with Crippen molar-refractivity contribution in [1.29, 1.82) is 0 Å². The summed E-state index contributed by atoms with van der Waals surface area (Å²) >= 11 is 6.25. The smallest absolute Gasteiger partial charge is 0.213 e. The van der Waals surface area contributed by atoms with E-state index in [2.05, 4.69) is 5.32 Å². The van der Waals surface area contributed by atoms with Crippen LogP contribution in [0.25, 0.3) is 11.6 Å². The molecule has 0 spiro atoms. The van der Waals surface area contributed by atoms with Crippen LogP contribution < -0.4 is 10.1 Å². The Labute approximate surface area is 204 Å². The van der Waals surface area contributed by atoms with Crippen LogP contribution in [0.1, 0.15) is 30.0 Å². The summed E-state index contributed by atoms with van der Waals surface area (Å²) in [5.74, 6) is -0.481. The summed E-state index contributed by atoms with van der Waals surface area (Å²) in [6.07, 6.45) is 0.978. The largest absolute Gasteiger partial charge is 0.507 e. The van der Waals surface area contributed by atoms with Crippen molar-refractivity contribution in [2.45, 2.75) is 26.4 Å². The topological polar surface area (TPSA) is 139 Å². The fourth-order valence-electron chi connectivity index (χ4n) is 3.50. The zero-order valence-electron chi connectivity index (χ0n) is 18.8. The molecule has 0 bridgehead atoms. The van der Waals surface area contributed by atoms with E-state index in [1.54, 1.807) is 25.1 Å². The first kappa shape index (κ1) is 26.1. The van der Waals surface area contributed by atoms with E-state index >= 15 is 0 Å². The molecule has 0 radical (unpaired) electrons. The van der Waals surface area contributed by atoms with E-state index < -0.39 is 29.1 Å². The van der Waals surface area contributed by atoms with Crippen molar-refractivity contribution in [2.75, 3.05) is 19.8 Å². The number of aliphatic hydroxyl groups excluding tert-OH is 2. The molecule has 1 aliphatic heterocycles. The maximum atomic E-state index is 13.5. The van der Waals surface area contributed by atoms with Gasteiger partial charge in [0.1, 0.15) is 34.1 Å². The molecule has 0 fully saturated rings. The van der Waals surface area contributed by atoms with E-state index in [1.807, 2.05) is 6.92 Å². The Balaban J connectivity index is 2.04. The van der Waals surface area contributed by atoms with Gasteiger partial charge in [-0.2, -0.15) is 0 Å². The number of carbonyl (C=O) groups is 1. The first-order chi connectivity index (χ1) is 16.1. The van der Waals surface area contributed by atoms with Gasteiger partial charge in [0.05, 0.1) is 17.2 Å². The summed E-state index contributed by atoms with van der Waals surface area (Å²) in [6, 6.07) is 9.40.